The normalized spacial score (nSPS) is 11.7. The molecule has 0 saturated carbocycles. The molecule has 1 aromatic rings. The fourth-order valence-corrected chi connectivity index (χ4v) is 3.15. The minimum atomic E-state index is 0. The van der Waals surface area contributed by atoms with Gasteiger partial charge in [-0.25, -0.2) is 0 Å². The Labute approximate surface area is 156 Å². The van der Waals surface area contributed by atoms with Crippen LogP contribution in [0.3, 0.4) is 0 Å². The molecule has 0 heterocycles. The van der Waals surface area contributed by atoms with Gasteiger partial charge >= 0.3 is 0 Å². The molecule has 0 fully saturated rings. The maximum Gasteiger partial charge on any atom is 0.0796 e. The highest BCUT2D eigenvalue weighted by molar-refractivity contribution is 5.14. The molecule has 24 heavy (non-hydrogen) atoms. The van der Waals surface area contributed by atoms with E-state index in [1.165, 1.54) is 82.9 Å². The first kappa shape index (κ1) is 23.2. The largest absolute Gasteiger partial charge is 1.00 e. The summed E-state index contributed by atoms with van der Waals surface area (Å²) in [5.74, 6) is 0.740. The number of unbranched alkanes of at least 4 members (excludes halogenated alkanes) is 5. The lowest BCUT2D eigenvalue weighted by Crippen LogP contribution is -3.00. The third-order valence-corrected chi connectivity index (χ3v) is 4.72. The van der Waals surface area contributed by atoms with Crippen LogP contribution in [0.4, 0.5) is 0 Å². The number of nitrogens with two attached hydrogens (primary N) is 1. The van der Waals surface area contributed by atoms with Crippen molar-refractivity contribution in [3.63, 3.8) is 0 Å². The Hall–Kier alpha value is -0.790. The van der Waals surface area contributed by atoms with Crippen molar-refractivity contribution in [3.8, 4) is 0 Å². The van der Waals surface area contributed by atoms with Crippen LogP contribution >= 0.6 is 0 Å². The lowest BCUT2D eigenvalue weighted by molar-refractivity contribution is -0.654. The summed E-state index contributed by atoms with van der Waals surface area (Å²) in [5.41, 5.74) is 1.45. The van der Waals surface area contributed by atoms with Crippen LogP contribution in [-0.4, -0.2) is 13.1 Å². The summed E-state index contributed by atoms with van der Waals surface area (Å²) in [5, 5.41) is 2.47. The van der Waals surface area contributed by atoms with Crippen molar-refractivity contribution in [1.82, 2.24) is 0 Å². The molecule has 0 spiro atoms. The highest BCUT2D eigenvalue weighted by atomic mass is 35.5. The zero-order valence-corrected chi connectivity index (χ0v) is 16.4. The van der Waals surface area contributed by atoms with Gasteiger partial charge in [0.25, 0.3) is 0 Å². The van der Waals surface area contributed by atoms with E-state index in [0.717, 1.165) is 5.92 Å². The Morgan fingerprint density at radius 1 is 0.917 bits per heavy atom. The van der Waals surface area contributed by atoms with Crippen molar-refractivity contribution in [2.75, 3.05) is 13.1 Å². The average molecular weight is 352 g/mol. The Bertz CT molecular complexity index is 377. The van der Waals surface area contributed by atoms with Crippen molar-refractivity contribution < 1.29 is 17.7 Å². The molecule has 0 aliphatic rings. The van der Waals surface area contributed by atoms with Crippen LogP contribution in [0.15, 0.2) is 43.0 Å². The maximum absolute atomic E-state index is 4.03. The highest BCUT2D eigenvalue weighted by Gasteiger charge is 2.04. The zero-order chi connectivity index (χ0) is 16.6. The van der Waals surface area contributed by atoms with Gasteiger partial charge in [-0.05, 0) is 30.7 Å². The summed E-state index contributed by atoms with van der Waals surface area (Å²) in [7, 11) is 0. The summed E-state index contributed by atoms with van der Waals surface area (Å²) < 4.78 is 0. The van der Waals surface area contributed by atoms with Crippen molar-refractivity contribution in [1.29, 1.82) is 0 Å². The monoisotopic (exact) mass is 351 g/mol. The summed E-state index contributed by atoms with van der Waals surface area (Å²) in [6, 6.07) is 10.8. The topological polar surface area (TPSA) is 16.6 Å². The fourth-order valence-electron chi connectivity index (χ4n) is 3.15. The number of rotatable bonds is 15. The van der Waals surface area contributed by atoms with E-state index in [-0.39, 0.29) is 12.4 Å². The number of benzene rings is 1. The molecule has 138 valence electrons. The van der Waals surface area contributed by atoms with Crippen LogP contribution < -0.4 is 17.7 Å². The molecule has 0 aliphatic heterocycles. The van der Waals surface area contributed by atoms with Crippen LogP contribution in [0.25, 0.3) is 0 Å². The molecule has 1 rings (SSSR count). The molecule has 0 amide bonds. The molecule has 1 aromatic carbocycles. The molecule has 1 unspecified atom stereocenters. The Kier molecular flexibility index (Phi) is 16.5. The first-order valence-corrected chi connectivity index (χ1v) is 9.85. The van der Waals surface area contributed by atoms with E-state index in [4.69, 9.17) is 0 Å². The van der Waals surface area contributed by atoms with Crippen molar-refractivity contribution in [2.24, 2.45) is 5.92 Å². The molecule has 1 atom stereocenters. The van der Waals surface area contributed by atoms with Crippen LogP contribution in [0.1, 0.15) is 70.3 Å². The maximum atomic E-state index is 4.03. The van der Waals surface area contributed by atoms with Crippen molar-refractivity contribution >= 4 is 0 Å². The van der Waals surface area contributed by atoms with E-state index in [1.807, 2.05) is 0 Å². The highest BCUT2D eigenvalue weighted by Crippen LogP contribution is 2.17. The second-order valence-corrected chi connectivity index (χ2v) is 6.80. The van der Waals surface area contributed by atoms with Gasteiger partial charge in [-0.2, -0.15) is 0 Å². The van der Waals surface area contributed by atoms with E-state index in [0.29, 0.717) is 0 Å². The number of allylic oxidation sites excluding steroid dienone is 1. The molecule has 0 bridgehead atoms. The number of hydrogen-bond donors (Lipinski definition) is 1. The van der Waals surface area contributed by atoms with Gasteiger partial charge in [0, 0.05) is 6.42 Å². The van der Waals surface area contributed by atoms with Gasteiger partial charge in [0.15, 0.2) is 0 Å². The van der Waals surface area contributed by atoms with Gasteiger partial charge in [-0.15, -0.1) is 6.58 Å². The molecule has 2 heteroatoms. The van der Waals surface area contributed by atoms with Crippen LogP contribution in [0.5, 0.6) is 0 Å². The molecule has 0 radical (unpaired) electrons. The molecule has 0 aliphatic carbocycles. The van der Waals surface area contributed by atoms with Crippen LogP contribution in [0.2, 0.25) is 0 Å². The fraction of sp³-hybridized carbons (Fsp3) is 0.636. The van der Waals surface area contributed by atoms with Gasteiger partial charge in [0.2, 0.25) is 0 Å². The molecule has 0 saturated heterocycles. The quantitative estimate of drug-likeness (QED) is 0.368. The van der Waals surface area contributed by atoms with Gasteiger partial charge in [-0.3, -0.25) is 0 Å². The molecule has 1 nitrogen and oxygen atoms in total. The second-order valence-electron chi connectivity index (χ2n) is 6.80. The van der Waals surface area contributed by atoms with E-state index in [1.54, 1.807) is 0 Å². The van der Waals surface area contributed by atoms with E-state index in [9.17, 15) is 0 Å². The predicted molar refractivity (Wildman–Crippen MR) is 103 cm³/mol. The summed E-state index contributed by atoms with van der Waals surface area (Å²) in [6.07, 6.45) is 15.8. The van der Waals surface area contributed by atoms with E-state index >= 15 is 0 Å². The summed E-state index contributed by atoms with van der Waals surface area (Å²) in [6.45, 7) is 8.78. The van der Waals surface area contributed by atoms with Crippen LogP contribution in [-0.2, 0) is 6.42 Å². The standard InChI is InChI=1S/C22H37N.ClH/c1-3-5-6-7-8-10-14-21(4-2)17-13-19-23-20-18-22-15-11-9-12-16-22;/h4,9,11-12,15-16,21,23H,2-3,5-8,10,13-14,17-20H2,1H3;1H. The average Bonchev–Trinajstić information content (AvgIpc) is 2.60. The first-order valence-electron chi connectivity index (χ1n) is 9.85. The Morgan fingerprint density at radius 3 is 2.29 bits per heavy atom. The number of halogens is 1. The lowest BCUT2D eigenvalue weighted by Gasteiger charge is -2.11. The van der Waals surface area contributed by atoms with Gasteiger partial charge in [-0.1, -0.05) is 81.9 Å². The Morgan fingerprint density at radius 2 is 1.58 bits per heavy atom. The predicted octanol–water partition coefficient (Wildman–Crippen LogP) is 2.13. The molecular weight excluding hydrogens is 314 g/mol. The summed E-state index contributed by atoms with van der Waals surface area (Å²) >= 11 is 0. The molecule has 2 N–H and O–H groups in total. The second kappa shape index (κ2) is 17.0. The van der Waals surface area contributed by atoms with Crippen molar-refractivity contribution in [2.45, 2.75) is 71.1 Å². The number of hydrogen-bond acceptors (Lipinski definition) is 0. The smallest absolute Gasteiger partial charge is 0.0796 e. The molecular formula is C22H38ClN. The van der Waals surface area contributed by atoms with Gasteiger partial charge < -0.3 is 17.7 Å². The van der Waals surface area contributed by atoms with Crippen LogP contribution in [0, 0.1) is 5.92 Å². The molecule has 0 aromatic heterocycles. The number of quaternary nitrogens is 1. The first-order chi connectivity index (χ1) is 11.4. The lowest BCUT2D eigenvalue weighted by atomic mass is 9.96. The van der Waals surface area contributed by atoms with Gasteiger partial charge in [0.05, 0.1) is 13.1 Å². The van der Waals surface area contributed by atoms with E-state index < -0.39 is 0 Å². The third kappa shape index (κ3) is 12.6. The van der Waals surface area contributed by atoms with Gasteiger partial charge in [0.1, 0.15) is 0 Å². The summed E-state index contributed by atoms with van der Waals surface area (Å²) in [4.78, 5) is 0. The Balaban J connectivity index is 0.00000529. The minimum Gasteiger partial charge on any atom is -1.00 e. The third-order valence-electron chi connectivity index (χ3n) is 4.72. The van der Waals surface area contributed by atoms with Crippen molar-refractivity contribution in [3.05, 3.63) is 48.6 Å². The zero-order valence-electron chi connectivity index (χ0n) is 15.7. The SMILES string of the molecule is C=CC(CCCCCCCC)CCC[NH2+]CCc1ccccc1.[Cl-]. The van der Waals surface area contributed by atoms with E-state index in [2.05, 4.69) is 55.2 Å². The minimum absolute atomic E-state index is 0.